The summed E-state index contributed by atoms with van der Waals surface area (Å²) in [6.07, 6.45) is 2.00. The molecule has 2 heterocycles. The molecule has 3 N–H and O–H groups in total. The smallest absolute Gasteiger partial charge is 0.241 e. The number of hydrogen-bond donors (Lipinski definition) is 2. The second-order valence-corrected chi connectivity index (χ2v) is 7.68. The molecule has 1 aromatic heterocycles. The molecule has 1 amide bonds. The second kappa shape index (κ2) is 5.07. The van der Waals surface area contributed by atoms with Crippen molar-refractivity contribution in [3.05, 3.63) is 21.9 Å². The third-order valence-electron chi connectivity index (χ3n) is 5.46. The highest BCUT2D eigenvalue weighted by molar-refractivity contribution is 7.10. The van der Waals surface area contributed by atoms with Gasteiger partial charge in [-0.25, -0.2) is 0 Å². The van der Waals surface area contributed by atoms with E-state index in [1.165, 1.54) is 10.4 Å². The number of amides is 1. The van der Waals surface area contributed by atoms with Gasteiger partial charge in [-0.1, -0.05) is 20.8 Å². The summed E-state index contributed by atoms with van der Waals surface area (Å²) in [6.45, 7) is 7.51. The van der Waals surface area contributed by atoms with Crippen molar-refractivity contribution in [3.8, 4) is 0 Å². The summed E-state index contributed by atoms with van der Waals surface area (Å²) in [5.41, 5.74) is 6.73. The predicted molar refractivity (Wildman–Crippen MR) is 84.1 cm³/mol. The number of carbonyl (C=O) groups is 1. The molecule has 2 aliphatic rings. The first-order chi connectivity index (χ1) is 9.92. The van der Waals surface area contributed by atoms with E-state index in [2.05, 4.69) is 23.7 Å². The van der Waals surface area contributed by atoms with Crippen molar-refractivity contribution in [3.63, 3.8) is 0 Å². The van der Waals surface area contributed by atoms with Gasteiger partial charge in [0.2, 0.25) is 5.91 Å². The fourth-order valence-electron chi connectivity index (χ4n) is 3.99. The minimum absolute atomic E-state index is 0.0327. The van der Waals surface area contributed by atoms with Crippen LogP contribution < -0.4 is 11.1 Å². The Bertz CT molecular complexity index is 554. The van der Waals surface area contributed by atoms with Crippen LogP contribution in [0.25, 0.3) is 0 Å². The van der Waals surface area contributed by atoms with Crippen LogP contribution in [0.4, 0.5) is 0 Å². The van der Waals surface area contributed by atoms with Crippen molar-refractivity contribution in [2.24, 2.45) is 17.1 Å². The number of nitrogens with two attached hydrogens (primary N) is 1. The fourth-order valence-corrected chi connectivity index (χ4v) is 4.91. The van der Waals surface area contributed by atoms with Crippen LogP contribution in [0.15, 0.2) is 11.4 Å². The number of hydrogen-bond acceptors (Lipinski definition) is 4. The fraction of sp³-hybridized carbons (Fsp3) is 0.688. The normalized spacial score (nSPS) is 33.3. The Morgan fingerprint density at radius 2 is 2.33 bits per heavy atom. The molecule has 2 fully saturated rings. The van der Waals surface area contributed by atoms with Crippen LogP contribution in [-0.4, -0.2) is 24.2 Å². The Hall–Kier alpha value is -0.910. The molecule has 0 bridgehead atoms. The molecule has 3 rings (SSSR count). The molecule has 5 heteroatoms. The van der Waals surface area contributed by atoms with Crippen LogP contribution in [0.3, 0.4) is 0 Å². The molecule has 116 valence electrons. The third-order valence-corrected chi connectivity index (χ3v) is 6.42. The summed E-state index contributed by atoms with van der Waals surface area (Å²) in [5, 5.41) is 5.14. The molecule has 1 aliphatic carbocycles. The van der Waals surface area contributed by atoms with Gasteiger partial charge in [0.25, 0.3) is 0 Å². The number of thiophene rings is 1. The Morgan fingerprint density at radius 3 is 3.05 bits per heavy atom. The maximum Gasteiger partial charge on any atom is 0.241 e. The molecular formula is C16H24N2O2S. The van der Waals surface area contributed by atoms with E-state index in [9.17, 15) is 4.79 Å². The number of carbonyl (C=O) groups excluding carboxylic acids is 1. The molecule has 3 unspecified atom stereocenters. The van der Waals surface area contributed by atoms with Crippen molar-refractivity contribution in [2.45, 2.75) is 51.8 Å². The minimum atomic E-state index is -0.808. The maximum absolute atomic E-state index is 12.7. The standard InChI is InChI=1S/C16H24N2O2S/c1-4-10-6-8-21-12(10)9-18-14(19)16(17)11-5-7-20-13(11)15(16,2)3/h6,8,11,13H,4-5,7,9,17H2,1-3H3,(H,18,19). The zero-order valence-electron chi connectivity index (χ0n) is 12.9. The average Bonchev–Trinajstić information content (AvgIpc) is 3.11. The first-order valence-electron chi connectivity index (χ1n) is 7.67. The van der Waals surface area contributed by atoms with Gasteiger partial charge in [-0.15, -0.1) is 11.3 Å². The number of rotatable bonds is 4. The minimum Gasteiger partial charge on any atom is -0.377 e. The molecule has 0 spiro atoms. The summed E-state index contributed by atoms with van der Waals surface area (Å²) in [4.78, 5) is 13.9. The Morgan fingerprint density at radius 1 is 1.57 bits per heavy atom. The van der Waals surface area contributed by atoms with Crippen LogP contribution in [0, 0.1) is 11.3 Å². The molecular weight excluding hydrogens is 284 g/mol. The lowest BCUT2D eigenvalue weighted by Crippen LogP contribution is -2.80. The monoisotopic (exact) mass is 308 g/mol. The highest BCUT2D eigenvalue weighted by Gasteiger charge is 2.71. The maximum atomic E-state index is 12.7. The number of ether oxygens (including phenoxy) is 1. The van der Waals surface area contributed by atoms with Gasteiger partial charge in [0.05, 0.1) is 12.6 Å². The predicted octanol–water partition coefficient (Wildman–Crippen LogP) is 2.07. The zero-order valence-corrected chi connectivity index (χ0v) is 13.8. The van der Waals surface area contributed by atoms with Crippen LogP contribution in [0.2, 0.25) is 0 Å². The third kappa shape index (κ3) is 1.98. The highest BCUT2D eigenvalue weighted by Crippen LogP contribution is 2.58. The lowest BCUT2D eigenvalue weighted by Gasteiger charge is -2.60. The molecule has 0 aromatic carbocycles. The summed E-state index contributed by atoms with van der Waals surface area (Å²) < 4.78 is 5.74. The van der Waals surface area contributed by atoms with Crippen molar-refractivity contribution in [2.75, 3.05) is 6.61 Å². The van der Waals surface area contributed by atoms with E-state index in [-0.39, 0.29) is 23.3 Å². The van der Waals surface area contributed by atoms with E-state index in [1.807, 2.05) is 13.8 Å². The van der Waals surface area contributed by atoms with E-state index in [4.69, 9.17) is 10.5 Å². The summed E-state index contributed by atoms with van der Waals surface area (Å²) >= 11 is 1.69. The SMILES string of the molecule is CCc1ccsc1CNC(=O)C1(N)C2CCOC2C1(C)C. The van der Waals surface area contributed by atoms with Gasteiger partial charge < -0.3 is 15.8 Å². The topological polar surface area (TPSA) is 64.4 Å². The molecule has 1 saturated carbocycles. The van der Waals surface area contributed by atoms with Crippen LogP contribution in [-0.2, 0) is 22.5 Å². The van der Waals surface area contributed by atoms with Gasteiger partial charge >= 0.3 is 0 Å². The molecule has 1 aliphatic heterocycles. The largest absolute Gasteiger partial charge is 0.377 e. The van der Waals surface area contributed by atoms with Gasteiger partial charge in [0, 0.05) is 22.8 Å². The van der Waals surface area contributed by atoms with Crippen molar-refractivity contribution < 1.29 is 9.53 Å². The Labute approximate surface area is 130 Å². The zero-order chi connectivity index (χ0) is 15.3. The van der Waals surface area contributed by atoms with E-state index in [0.717, 1.165) is 19.4 Å². The van der Waals surface area contributed by atoms with Gasteiger partial charge in [0.15, 0.2) is 0 Å². The molecule has 4 nitrogen and oxygen atoms in total. The summed E-state index contributed by atoms with van der Waals surface area (Å²) in [6, 6.07) is 2.12. The van der Waals surface area contributed by atoms with Crippen LogP contribution in [0.1, 0.15) is 37.6 Å². The first kappa shape index (κ1) is 15.0. The Kier molecular flexibility index (Phi) is 3.62. The second-order valence-electron chi connectivity index (χ2n) is 6.68. The molecule has 21 heavy (non-hydrogen) atoms. The van der Waals surface area contributed by atoms with Crippen molar-refractivity contribution in [1.29, 1.82) is 0 Å². The van der Waals surface area contributed by atoms with E-state index >= 15 is 0 Å². The van der Waals surface area contributed by atoms with Gasteiger partial charge in [-0.3, -0.25) is 4.79 Å². The number of nitrogens with one attached hydrogen (secondary N) is 1. The van der Waals surface area contributed by atoms with Crippen molar-refractivity contribution in [1.82, 2.24) is 5.32 Å². The van der Waals surface area contributed by atoms with E-state index < -0.39 is 5.54 Å². The van der Waals surface area contributed by atoms with E-state index in [1.54, 1.807) is 11.3 Å². The van der Waals surface area contributed by atoms with Gasteiger partial charge in [-0.05, 0) is 29.9 Å². The Balaban J connectivity index is 1.71. The highest BCUT2D eigenvalue weighted by atomic mass is 32.1. The summed E-state index contributed by atoms with van der Waals surface area (Å²) in [5.74, 6) is 0.121. The number of aryl methyl sites for hydroxylation is 1. The quantitative estimate of drug-likeness (QED) is 0.895. The average molecular weight is 308 g/mol. The molecule has 1 aromatic rings. The number of fused-ring (bicyclic) bond motifs is 1. The van der Waals surface area contributed by atoms with Crippen molar-refractivity contribution >= 4 is 17.2 Å². The molecule has 3 atom stereocenters. The summed E-state index contributed by atoms with van der Waals surface area (Å²) in [7, 11) is 0. The lowest BCUT2D eigenvalue weighted by molar-refractivity contribution is -0.175. The molecule has 0 radical (unpaired) electrons. The van der Waals surface area contributed by atoms with Crippen LogP contribution in [0.5, 0.6) is 0 Å². The first-order valence-corrected chi connectivity index (χ1v) is 8.55. The van der Waals surface area contributed by atoms with Crippen LogP contribution >= 0.6 is 11.3 Å². The van der Waals surface area contributed by atoms with E-state index in [0.29, 0.717) is 6.54 Å². The van der Waals surface area contributed by atoms with Gasteiger partial charge in [-0.2, -0.15) is 0 Å². The molecule has 1 saturated heterocycles. The van der Waals surface area contributed by atoms with Gasteiger partial charge in [0.1, 0.15) is 5.54 Å². The lowest BCUT2D eigenvalue weighted by atomic mass is 9.48.